The molecule has 0 atom stereocenters. The highest BCUT2D eigenvalue weighted by Gasteiger charge is 2.30. The van der Waals surface area contributed by atoms with Gasteiger partial charge in [0, 0.05) is 39.3 Å². The van der Waals surface area contributed by atoms with Crippen molar-refractivity contribution in [3.05, 3.63) is 48.0 Å². The molecule has 2 aromatic rings. The minimum absolute atomic E-state index is 0.0832. The second kappa shape index (κ2) is 10.1. The predicted molar refractivity (Wildman–Crippen MR) is 125 cm³/mol. The van der Waals surface area contributed by atoms with Crippen LogP contribution in [0, 0.1) is 11.3 Å². The van der Waals surface area contributed by atoms with E-state index in [0.717, 1.165) is 0 Å². The van der Waals surface area contributed by atoms with Gasteiger partial charge in [0.1, 0.15) is 5.75 Å². The van der Waals surface area contributed by atoms with E-state index in [1.165, 1.54) is 33.9 Å². The Labute approximate surface area is 195 Å². The fourth-order valence-corrected chi connectivity index (χ4v) is 6.78. The van der Waals surface area contributed by atoms with Gasteiger partial charge in [-0.1, -0.05) is 19.9 Å². The van der Waals surface area contributed by atoms with Crippen LogP contribution in [0.1, 0.15) is 19.4 Å². The molecule has 178 valence electrons. The molecule has 3 rings (SSSR count). The molecule has 11 heteroatoms. The largest absolute Gasteiger partial charge is 0.495 e. The van der Waals surface area contributed by atoms with E-state index in [0.29, 0.717) is 37.6 Å². The number of hydrogen-bond acceptors (Lipinski definition) is 7. The Bertz CT molecular complexity index is 1240. The highest BCUT2D eigenvalue weighted by molar-refractivity contribution is 7.89. The topological polar surface area (TPSA) is 111 Å². The third kappa shape index (κ3) is 4.99. The van der Waals surface area contributed by atoms with Crippen LogP contribution in [-0.4, -0.2) is 71.8 Å². The Morgan fingerprint density at radius 1 is 0.970 bits per heavy atom. The number of anilines is 1. The van der Waals surface area contributed by atoms with Gasteiger partial charge in [-0.15, -0.1) is 0 Å². The molecule has 1 aliphatic heterocycles. The first-order valence-electron chi connectivity index (χ1n) is 10.6. The average molecular weight is 493 g/mol. The summed E-state index contributed by atoms with van der Waals surface area (Å²) in [6.45, 7) is 5.47. The molecular weight excluding hydrogens is 464 g/mol. The molecule has 1 saturated heterocycles. The number of rotatable bonds is 8. The zero-order valence-corrected chi connectivity index (χ0v) is 20.6. The summed E-state index contributed by atoms with van der Waals surface area (Å²) in [6.07, 6.45) is 0. The third-order valence-electron chi connectivity index (χ3n) is 5.67. The minimum atomic E-state index is -3.74. The number of piperazine rings is 1. The first kappa shape index (κ1) is 25.0. The lowest BCUT2D eigenvalue weighted by Crippen LogP contribution is -2.48. The molecule has 0 aromatic heterocycles. The molecule has 9 nitrogen and oxygen atoms in total. The van der Waals surface area contributed by atoms with Gasteiger partial charge in [0.15, 0.2) is 0 Å². The van der Waals surface area contributed by atoms with E-state index in [4.69, 9.17) is 10.00 Å². The zero-order chi connectivity index (χ0) is 24.2. The van der Waals surface area contributed by atoms with Crippen molar-refractivity contribution in [2.75, 3.05) is 51.3 Å². The SMILES string of the molecule is CCN(CC)S(=O)(=O)c1ccc(OC)c(N2CCN(S(=O)(=O)c3cccc(C#N)c3)CC2)c1. The van der Waals surface area contributed by atoms with Crippen molar-refractivity contribution >= 4 is 25.7 Å². The fraction of sp³-hybridized carbons (Fsp3) is 0.409. The van der Waals surface area contributed by atoms with Gasteiger partial charge in [-0.25, -0.2) is 16.8 Å². The number of hydrogen-bond donors (Lipinski definition) is 0. The molecule has 0 bridgehead atoms. The Hall–Kier alpha value is -2.65. The molecule has 0 spiro atoms. The summed E-state index contributed by atoms with van der Waals surface area (Å²) in [6, 6.07) is 12.7. The first-order chi connectivity index (χ1) is 15.7. The summed E-state index contributed by atoms with van der Waals surface area (Å²) < 4.78 is 60.3. The van der Waals surface area contributed by atoms with E-state index in [9.17, 15) is 16.8 Å². The maximum Gasteiger partial charge on any atom is 0.243 e. The molecule has 0 amide bonds. The maximum absolute atomic E-state index is 13.0. The van der Waals surface area contributed by atoms with E-state index in [2.05, 4.69) is 0 Å². The number of nitriles is 1. The second-order valence-corrected chi connectivity index (χ2v) is 11.3. The van der Waals surface area contributed by atoms with Gasteiger partial charge >= 0.3 is 0 Å². The van der Waals surface area contributed by atoms with Crippen molar-refractivity contribution in [1.82, 2.24) is 8.61 Å². The molecular formula is C22H28N4O5S2. The lowest BCUT2D eigenvalue weighted by Gasteiger charge is -2.36. The Kier molecular flexibility index (Phi) is 7.64. The smallest absolute Gasteiger partial charge is 0.243 e. The predicted octanol–water partition coefficient (Wildman–Crippen LogP) is 2.11. The van der Waals surface area contributed by atoms with Crippen LogP contribution in [-0.2, 0) is 20.0 Å². The van der Waals surface area contributed by atoms with E-state index in [1.807, 2.05) is 11.0 Å². The van der Waals surface area contributed by atoms with Gasteiger partial charge in [-0.05, 0) is 36.4 Å². The van der Waals surface area contributed by atoms with Crippen LogP contribution in [0.4, 0.5) is 5.69 Å². The Morgan fingerprint density at radius 2 is 1.64 bits per heavy atom. The zero-order valence-electron chi connectivity index (χ0n) is 18.9. The van der Waals surface area contributed by atoms with Crippen LogP contribution in [0.3, 0.4) is 0 Å². The number of methoxy groups -OCH3 is 1. The van der Waals surface area contributed by atoms with E-state index in [1.54, 1.807) is 38.1 Å². The van der Waals surface area contributed by atoms with Gasteiger partial charge in [0.25, 0.3) is 0 Å². The van der Waals surface area contributed by atoms with E-state index in [-0.39, 0.29) is 28.4 Å². The van der Waals surface area contributed by atoms with Crippen molar-refractivity contribution < 1.29 is 21.6 Å². The summed E-state index contributed by atoms with van der Waals surface area (Å²) in [5.41, 5.74) is 0.889. The Balaban J connectivity index is 1.85. The molecule has 1 aliphatic rings. The summed E-state index contributed by atoms with van der Waals surface area (Å²) in [7, 11) is -5.87. The quantitative estimate of drug-likeness (QED) is 0.555. The average Bonchev–Trinajstić information content (AvgIpc) is 2.84. The molecule has 1 heterocycles. The monoisotopic (exact) mass is 492 g/mol. The van der Waals surface area contributed by atoms with Gasteiger partial charge in [-0.2, -0.15) is 13.9 Å². The van der Waals surface area contributed by atoms with Crippen molar-refractivity contribution in [2.24, 2.45) is 0 Å². The van der Waals surface area contributed by atoms with Crippen LogP contribution < -0.4 is 9.64 Å². The number of benzene rings is 2. The highest BCUT2D eigenvalue weighted by atomic mass is 32.2. The first-order valence-corrected chi connectivity index (χ1v) is 13.5. The Morgan fingerprint density at radius 3 is 2.21 bits per heavy atom. The normalized spacial score (nSPS) is 15.4. The molecule has 2 aromatic carbocycles. The minimum Gasteiger partial charge on any atom is -0.495 e. The van der Waals surface area contributed by atoms with E-state index < -0.39 is 20.0 Å². The molecule has 0 unspecified atom stereocenters. The molecule has 33 heavy (non-hydrogen) atoms. The van der Waals surface area contributed by atoms with Crippen LogP contribution in [0.15, 0.2) is 52.3 Å². The van der Waals surface area contributed by atoms with Crippen molar-refractivity contribution in [3.63, 3.8) is 0 Å². The van der Waals surface area contributed by atoms with Crippen LogP contribution >= 0.6 is 0 Å². The standard InChI is InChI=1S/C22H28N4O5S2/c1-4-25(5-2)32(27,28)20-9-10-22(31-3)21(16-20)24-11-13-26(14-12-24)33(29,30)19-8-6-7-18(15-19)17-23/h6-10,15-16H,4-5,11-14H2,1-3H3. The summed E-state index contributed by atoms with van der Waals surface area (Å²) in [4.78, 5) is 2.18. The summed E-state index contributed by atoms with van der Waals surface area (Å²) in [5.74, 6) is 0.520. The van der Waals surface area contributed by atoms with Gasteiger partial charge in [0.05, 0.1) is 34.2 Å². The molecule has 0 saturated carbocycles. The summed E-state index contributed by atoms with van der Waals surface area (Å²) in [5, 5.41) is 9.07. The van der Waals surface area contributed by atoms with Crippen LogP contribution in [0.2, 0.25) is 0 Å². The number of ether oxygens (including phenoxy) is 1. The second-order valence-electron chi connectivity index (χ2n) is 7.45. The highest BCUT2D eigenvalue weighted by Crippen LogP contribution is 2.33. The maximum atomic E-state index is 13.0. The van der Waals surface area contributed by atoms with Gasteiger partial charge < -0.3 is 9.64 Å². The molecule has 0 radical (unpaired) electrons. The van der Waals surface area contributed by atoms with Crippen molar-refractivity contribution in [1.29, 1.82) is 5.26 Å². The van der Waals surface area contributed by atoms with Crippen molar-refractivity contribution in [2.45, 2.75) is 23.6 Å². The fourth-order valence-electron chi connectivity index (χ4n) is 3.83. The molecule has 0 aliphatic carbocycles. The lowest BCUT2D eigenvalue weighted by molar-refractivity contribution is 0.378. The number of sulfonamides is 2. The number of nitrogens with zero attached hydrogens (tertiary/aromatic N) is 4. The van der Waals surface area contributed by atoms with E-state index >= 15 is 0 Å². The van der Waals surface area contributed by atoms with Crippen LogP contribution in [0.5, 0.6) is 5.75 Å². The molecule has 1 fully saturated rings. The lowest BCUT2D eigenvalue weighted by atomic mass is 10.2. The van der Waals surface area contributed by atoms with Crippen molar-refractivity contribution in [3.8, 4) is 11.8 Å². The summed E-state index contributed by atoms with van der Waals surface area (Å²) >= 11 is 0. The van der Waals surface area contributed by atoms with Gasteiger partial charge in [0.2, 0.25) is 20.0 Å². The molecule has 0 N–H and O–H groups in total. The third-order valence-corrected chi connectivity index (χ3v) is 9.61. The van der Waals surface area contributed by atoms with Gasteiger partial charge in [-0.3, -0.25) is 0 Å². The van der Waals surface area contributed by atoms with Crippen LogP contribution in [0.25, 0.3) is 0 Å².